The van der Waals surface area contributed by atoms with Crippen molar-refractivity contribution < 1.29 is 14.3 Å². The second kappa shape index (κ2) is 8.49. The van der Waals surface area contributed by atoms with Crippen LogP contribution in [0.3, 0.4) is 0 Å². The van der Waals surface area contributed by atoms with E-state index < -0.39 is 5.60 Å². The molecule has 0 aliphatic carbocycles. The molecule has 2 heterocycles. The van der Waals surface area contributed by atoms with E-state index in [1.54, 1.807) is 12.0 Å². The summed E-state index contributed by atoms with van der Waals surface area (Å²) in [5, 5.41) is 9.20. The molecule has 164 valence electrons. The first-order valence-corrected chi connectivity index (χ1v) is 10.6. The highest BCUT2D eigenvalue weighted by Crippen LogP contribution is 2.23. The summed E-state index contributed by atoms with van der Waals surface area (Å²) >= 11 is 0. The predicted molar refractivity (Wildman–Crippen MR) is 122 cm³/mol. The maximum absolute atomic E-state index is 12.3. The molecule has 7 heteroatoms. The number of hydrogen-bond acceptors (Lipinski definition) is 5. The average molecular weight is 423 g/mol. The third-order valence-electron chi connectivity index (χ3n) is 5.34. The molecule has 31 heavy (non-hydrogen) atoms. The molecule has 1 aliphatic heterocycles. The number of nitrogens with zero attached hydrogens (tertiary/aromatic N) is 3. The Morgan fingerprint density at radius 1 is 1.19 bits per heavy atom. The fourth-order valence-corrected chi connectivity index (χ4v) is 3.81. The molecule has 1 amide bonds. The molecule has 0 radical (unpaired) electrons. The molecule has 0 bridgehead atoms. The summed E-state index contributed by atoms with van der Waals surface area (Å²) in [4.78, 5) is 14.1. The van der Waals surface area contributed by atoms with Crippen molar-refractivity contribution in [2.45, 2.75) is 45.4 Å². The SMILES string of the molecule is COc1ccc(Cn2ncc3cc(N[C@@H]4CCN(C(=O)OC(C)(C)C)C4)ccc32)cc1. The number of ether oxygens (including phenoxy) is 2. The lowest BCUT2D eigenvalue weighted by molar-refractivity contribution is 0.0293. The van der Waals surface area contributed by atoms with Crippen molar-refractivity contribution in [3.63, 3.8) is 0 Å². The van der Waals surface area contributed by atoms with Crippen molar-refractivity contribution in [1.29, 1.82) is 0 Å². The van der Waals surface area contributed by atoms with Gasteiger partial charge in [0.15, 0.2) is 0 Å². The lowest BCUT2D eigenvalue weighted by atomic mass is 10.2. The van der Waals surface area contributed by atoms with Gasteiger partial charge in [-0.15, -0.1) is 0 Å². The molecule has 7 nitrogen and oxygen atoms in total. The Kier molecular flexibility index (Phi) is 5.76. The molecule has 1 N–H and O–H groups in total. The first-order valence-electron chi connectivity index (χ1n) is 10.6. The molecule has 0 unspecified atom stereocenters. The summed E-state index contributed by atoms with van der Waals surface area (Å²) in [5.74, 6) is 0.849. The highest BCUT2D eigenvalue weighted by atomic mass is 16.6. The van der Waals surface area contributed by atoms with Gasteiger partial charge in [0.1, 0.15) is 11.4 Å². The van der Waals surface area contributed by atoms with Crippen molar-refractivity contribution in [1.82, 2.24) is 14.7 Å². The molecular weight excluding hydrogens is 392 g/mol. The summed E-state index contributed by atoms with van der Waals surface area (Å²) in [6, 6.07) is 14.5. The van der Waals surface area contributed by atoms with Crippen LogP contribution >= 0.6 is 0 Å². The highest BCUT2D eigenvalue weighted by Gasteiger charge is 2.29. The van der Waals surface area contributed by atoms with Crippen molar-refractivity contribution in [2.24, 2.45) is 0 Å². The maximum Gasteiger partial charge on any atom is 0.410 e. The van der Waals surface area contributed by atoms with E-state index in [0.29, 0.717) is 19.6 Å². The maximum atomic E-state index is 12.3. The van der Waals surface area contributed by atoms with Gasteiger partial charge in [0.2, 0.25) is 0 Å². The first-order chi connectivity index (χ1) is 14.8. The van der Waals surface area contributed by atoms with Crippen LogP contribution < -0.4 is 10.1 Å². The van der Waals surface area contributed by atoms with Gasteiger partial charge in [0.05, 0.1) is 25.4 Å². The zero-order valence-electron chi connectivity index (χ0n) is 18.6. The zero-order valence-corrected chi connectivity index (χ0v) is 18.6. The number of amides is 1. The number of methoxy groups -OCH3 is 1. The fourth-order valence-electron chi connectivity index (χ4n) is 3.81. The zero-order chi connectivity index (χ0) is 22.0. The van der Waals surface area contributed by atoms with Crippen LogP contribution in [-0.2, 0) is 11.3 Å². The van der Waals surface area contributed by atoms with E-state index >= 15 is 0 Å². The molecule has 1 saturated heterocycles. The normalized spacial score (nSPS) is 16.5. The van der Waals surface area contributed by atoms with Gasteiger partial charge in [-0.3, -0.25) is 4.68 Å². The van der Waals surface area contributed by atoms with Gasteiger partial charge in [-0.1, -0.05) is 12.1 Å². The lowest BCUT2D eigenvalue weighted by Crippen LogP contribution is -2.36. The third-order valence-corrected chi connectivity index (χ3v) is 5.34. The minimum atomic E-state index is -0.473. The smallest absolute Gasteiger partial charge is 0.410 e. The Morgan fingerprint density at radius 2 is 1.97 bits per heavy atom. The minimum Gasteiger partial charge on any atom is -0.497 e. The topological polar surface area (TPSA) is 68.6 Å². The Bertz CT molecular complexity index is 1050. The number of aromatic nitrogens is 2. The standard InChI is InChI=1S/C24H30N4O3/c1-24(2,3)31-23(29)27-12-11-20(16-27)26-19-7-10-22-18(13-19)14-25-28(22)15-17-5-8-21(30-4)9-6-17/h5-10,13-14,20,26H,11-12,15-16H2,1-4H3/t20-/m1/s1. The summed E-state index contributed by atoms with van der Waals surface area (Å²) in [6.45, 7) is 7.72. The summed E-state index contributed by atoms with van der Waals surface area (Å²) < 4.78 is 12.7. The van der Waals surface area contributed by atoms with E-state index in [2.05, 4.69) is 40.7 Å². The number of anilines is 1. The third kappa shape index (κ3) is 5.10. The first kappa shape index (κ1) is 21.0. The molecule has 1 aromatic heterocycles. The number of carbonyl (C=O) groups excluding carboxylic acids is 1. The summed E-state index contributed by atoms with van der Waals surface area (Å²) in [7, 11) is 1.67. The number of rotatable bonds is 5. The quantitative estimate of drug-likeness (QED) is 0.655. The van der Waals surface area contributed by atoms with Crippen LogP contribution in [0.25, 0.3) is 10.9 Å². The molecule has 0 saturated carbocycles. The van der Waals surface area contributed by atoms with Gasteiger partial charge >= 0.3 is 6.09 Å². The fraction of sp³-hybridized carbons (Fsp3) is 0.417. The van der Waals surface area contributed by atoms with E-state index in [1.807, 2.05) is 43.8 Å². The monoisotopic (exact) mass is 422 g/mol. The van der Waals surface area contributed by atoms with Gasteiger partial charge in [0.25, 0.3) is 0 Å². The number of likely N-dealkylation sites (tertiary alicyclic amines) is 1. The Morgan fingerprint density at radius 3 is 2.68 bits per heavy atom. The highest BCUT2D eigenvalue weighted by molar-refractivity contribution is 5.82. The van der Waals surface area contributed by atoms with Crippen molar-refractivity contribution in [2.75, 3.05) is 25.5 Å². The Hall–Kier alpha value is -3.22. The lowest BCUT2D eigenvalue weighted by Gasteiger charge is -2.24. The van der Waals surface area contributed by atoms with Crippen LogP contribution in [0.5, 0.6) is 5.75 Å². The van der Waals surface area contributed by atoms with Crippen LogP contribution in [0.4, 0.5) is 10.5 Å². The summed E-state index contributed by atoms with van der Waals surface area (Å²) in [6.07, 6.45) is 2.55. The van der Waals surface area contributed by atoms with E-state index in [0.717, 1.165) is 28.8 Å². The van der Waals surface area contributed by atoms with Crippen LogP contribution in [0.15, 0.2) is 48.7 Å². The number of benzene rings is 2. The van der Waals surface area contributed by atoms with E-state index in [9.17, 15) is 4.79 Å². The molecule has 0 spiro atoms. The Balaban J connectivity index is 1.39. The molecule has 1 fully saturated rings. The number of hydrogen-bond donors (Lipinski definition) is 1. The van der Waals surface area contributed by atoms with Crippen molar-refractivity contribution in [3.8, 4) is 5.75 Å². The van der Waals surface area contributed by atoms with Crippen LogP contribution in [0.2, 0.25) is 0 Å². The Labute approximate surface area is 182 Å². The van der Waals surface area contributed by atoms with Crippen LogP contribution in [0.1, 0.15) is 32.8 Å². The van der Waals surface area contributed by atoms with Gasteiger partial charge < -0.3 is 19.7 Å². The van der Waals surface area contributed by atoms with E-state index in [1.165, 1.54) is 5.56 Å². The predicted octanol–water partition coefficient (Wildman–Crippen LogP) is 4.51. The second-order valence-electron chi connectivity index (χ2n) is 8.98. The van der Waals surface area contributed by atoms with E-state index in [-0.39, 0.29) is 12.1 Å². The van der Waals surface area contributed by atoms with Gasteiger partial charge in [-0.25, -0.2) is 4.79 Å². The number of nitrogens with one attached hydrogen (secondary N) is 1. The molecular formula is C24H30N4O3. The average Bonchev–Trinajstić information content (AvgIpc) is 3.35. The van der Waals surface area contributed by atoms with Crippen LogP contribution in [0, 0.1) is 0 Å². The van der Waals surface area contributed by atoms with Gasteiger partial charge in [-0.2, -0.15) is 5.10 Å². The van der Waals surface area contributed by atoms with Crippen LogP contribution in [-0.4, -0.2) is 52.6 Å². The molecule has 3 aromatic rings. The van der Waals surface area contributed by atoms with Gasteiger partial charge in [-0.05, 0) is 63.1 Å². The second-order valence-corrected chi connectivity index (χ2v) is 8.98. The minimum absolute atomic E-state index is 0.208. The number of fused-ring (bicyclic) bond motifs is 1. The molecule has 4 rings (SSSR count). The number of carbonyl (C=O) groups is 1. The largest absolute Gasteiger partial charge is 0.497 e. The van der Waals surface area contributed by atoms with Crippen molar-refractivity contribution >= 4 is 22.7 Å². The molecule has 1 aliphatic rings. The van der Waals surface area contributed by atoms with E-state index in [4.69, 9.17) is 9.47 Å². The summed E-state index contributed by atoms with van der Waals surface area (Å²) in [5.41, 5.74) is 2.82. The molecule has 1 atom stereocenters. The van der Waals surface area contributed by atoms with Crippen molar-refractivity contribution in [3.05, 3.63) is 54.2 Å². The molecule has 2 aromatic carbocycles. The van der Waals surface area contributed by atoms with Gasteiger partial charge in [0, 0.05) is 30.2 Å².